The van der Waals surface area contributed by atoms with E-state index in [1.54, 1.807) is 0 Å². The van der Waals surface area contributed by atoms with E-state index in [0.717, 1.165) is 69.8 Å². The highest BCUT2D eigenvalue weighted by molar-refractivity contribution is 7.11. The molecule has 2 saturated heterocycles. The molecule has 11 nitrogen and oxygen atoms in total. The zero-order valence-corrected chi connectivity index (χ0v) is 24.4. The van der Waals surface area contributed by atoms with E-state index >= 15 is 0 Å². The minimum absolute atomic E-state index is 0.00844. The normalized spacial score (nSPS) is 21.0. The van der Waals surface area contributed by atoms with Crippen molar-refractivity contribution < 1.29 is 50.9 Å². The molecule has 2 aromatic rings. The first-order chi connectivity index (χ1) is 19.9. The van der Waals surface area contributed by atoms with Crippen LogP contribution in [0, 0.1) is 13.8 Å². The second-order valence-electron chi connectivity index (χ2n) is 10.4. The number of hydrogen-bond donors (Lipinski definition) is 2. The van der Waals surface area contributed by atoms with Crippen LogP contribution in [0.2, 0.25) is 0 Å². The van der Waals surface area contributed by atoms with Gasteiger partial charge in [-0.3, -0.25) is 4.90 Å². The third kappa shape index (κ3) is 9.20. The van der Waals surface area contributed by atoms with Gasteiger partial charge in [-0.05, 0) is 33.9 Å². The molecule has 3 aliphatic rings. The molecule has 0 amide bonds. The van der Waals surface area contributed by atoms with E-state index in [0.29, 0.717) is 6.61 Å². The molecule has 0 aliphatic carbocycles. The molecule has 2 aromatic heterocycles. The van der Waals surface area contributed by atoms with E-state index < -0.39 is 24.3 Å². The summed E-state index contributed by atoms with van der Waals surface area (Å²) in [6.45, 7) is 12.8. The Kier molecular flexibility index (Phi) is 11.0. The van der Waals surface area contributed by atoms with Crippen molar-refractivity contribution in [3.8, 4) is 0 Å². The maximum absolute atomic E-state index is 10.6. The molecule has 0 bridgehead atoms. The lowest BCUT2D eigenvalue weighted by Gasteiger charge is -2.36. The maximum atomic E-state index is 10.6. The number of nitrogens with zero attached hydrogens (tertiary/aromatic N) is 6. The number of halogens is 6. The van der Waals surface area contributed by atoms with Crippen LogP contribution in [0.1, 0.15) is 33.3 Å². The average Bonchev–Trinajstić information content (AvgIpc) is 3.46. The highest BCUT2D eigenvalue weighted by Crippen LogP contribution is 2.40. The maximum Gasteiger partial charge on any atom is 0.490 e. The van der Waals surface area contributed by atoms with E-state index in [-0.39, 0.29) is 5.41 Å². The van der Waals surface area contributed by atoms with E-state index in [1.807, 2.05) is 17.5 Å². The van der Waals surface area contributed by atoms with Crippen molar-refractivity contribution in [1.29, 1.82) is 0 Å². The fourth-order valence-corrected chi connectivity index (χ4v) is 5.85. The van der Waals surface area contributed by atoms with E-state index in [1.165, 1.54) is 21.8 Å². The monoisotopic (exact) mass is 642 g/mol. The highest BCUT2D eigenvalue weighted by atomic mass is 32.1. The Bertz CT molecular complexity index is 1260. The molecule has 18 heteroatoms. The van der Waals surface area contributed by atoms with Crippen LogP contribution in [0.4, 0.5) is 32.3 Å². The molecule has 5 rings (SSSR count). The van der Waals surface area contributed by atoms with Gasteiger partial charge < -0.3 is 24.7 Å². The third-order valence-electron chi connectivity index (χ3n) is 7.06. The number of anilines is 1. The van der Waals surface area contributed by atoms with Crippen LogP contribution >= 0.6 is 11.3 Å². The molecular formula is C25H32F6N6O5S. The third-order valence-corrected chi connectivity index (χ3v) is 8.12. The van der Waals surface area contributed by atoms with Gasteiger partial charge in [-0.25, -0.2) is 24.5 Å². The Morgan fingerprint density at radius 1 is 1.00 bits per heavy atom. The molecule has 3 aliphatic heterocycles. The molecule has 2 N–H and O–H groups in total. The van der Waals surface area contributed by atoms with Crippen LogP contribution in [0.25, 0.3) is 0 Å². The van der Waals surface area contributed by atoms with Crippen LogP contribution < -0.4 is 4.90 Å². The van der Waals surface area contributed by atoms with Crippen LogP contribution in [0.5, 0.6) is 0 Å². The van der Waals surface area contributed by atoms with Crippen molar-refractivity contribution >= 4 is 29.2 Å². The largest absolute Gasteiger partial charge is 0.490 e. The zero-order valence-electron chi connectivity index (χ0n) is 23.6. The predicted molar refractivity (Wildman–Crippen MR) is 142 cm³/mol. The summed E-state index contributed by atoms with van der Waals surface area (Å²) in [6.07, 6.45) is -7.06. The van der Waals surface area contributed by atoms with E-state index in [4.69, 9.17) is 34.5 Å². The molecule has 5 heterocycles. The molecule has 1 atom stereocenters. The topological polar surface area (TPSA) is 132 Å². The van der Waals surface area contributed by atoms with Crippen LogP contribution in [-0.4, -0.2) is 112 Å². The second kappa shape index (κ2) is 13.7. The van der Waals surface area contributed by atoms with Gasteiger partial charge in [-0.15, -0.1) is 11.3 Å². The quantitative estimate of drug-likeness (QED) is 0.479. The number of hydrogen-bond acceptors (Lipinski definition) is 10. The smallest absolute Gasteiger partial charge is 0.475 e. The number of rotatable bonds is 3. The first-order valence-corrected chi connectivity index (χ1v) is 13.9. The summed E-state index contributed by atoms with van der Waals surface area (Å²) < 4.78 is 69.5. The number of piperazine rings is 1. The van der Waals surface area contributed by atoms with Gasteiger partial charge in [0.05, 0.1) is 35.0 Å². The van der Waals surface area contributed by atoms with Crippen molar-refractivity contribution in [3.05, 3.63) is 33.0 Å². The number of carboxylic acids is 2. The van der Waals surface area contributed by atoms with Crippen molar-refractivity contribution in [1.82, 2.24) is 24.8 Å². The van der Waals surface area contributed by atoms with Gasteiger partial charge in [0.25, 0.3) is 0 Å². The summed E-state index contributed by atoms with van der Waals surface area (Å²) in [6, 6.07) is 0. The van der Waals surface area contributed by atoms with Crippen LogP contribution in [-0.2, 0) is 32.9 Å². The summed E-state index contributed by atoms with van der Waals surface area (Å²) in [5, 5.41) is 15.4. The van der Waals surface area contributed by atoms with Crippen molar-refractivity contribution in [2.24, 2.45) is 0 Å². The van der Waals surface area contributed by atoms with E-state index in [9.17, 15) is 26.3 Å². The number of aryl methyl sites for hydroxylation is 2. The standard InChI is InChI=1S/C21H30N6OS.2C2HF3O2/c1-15-18(29-16(2)23-15)11-26-5-4-21(13-26)14-28-12-17-10-22-20(24-19(17)21)27-8-6-25(3)7-9-27;2*3-2(4,5)1(6)7/h10H,4-9,11-14H2,1-3H3;2*(H,6,7). The first-order valence-electron chi connectivity index (χ1n) is 13.0. The number of aliphatic carboxylic acids is 2. The van der Waals surface area contributed by atoms with Crippen LogP contribution in [0.15, 0.2) is 6.20 Å². The van der Waals surface area contributed by atoms with Gasteiger partial charge >= 0.3 is 24.3 Å². The molecule has 240 valence electrons. The summed E-state index contributed by atoms with van der Waals surface area (Å²) in [5.74, 6) is -4.62. The number of aromatic nitrogens is 3. The predicted octanol–water partition coefficient (Wildman–Crippen LogP) is 3.24. The molecular weight excluding hydrogens is 610 g/mol. The lowest BCUT2D eigenvalue weighted by molar-refractivity contribution is -0.193. The molecule has 0 radical (unpaired) electrons. The number of thiazole rings is 1. The Labute approximate surface area is 247 Å². The van der Waals surface area contributed by atoms with Gasteiger partial charge in [-0.1, -0.05) is 0 Å². The van der Waals surface area contributed by atoms with Gasteiger partial charge in [0.15, 0.2) is 0 Å². The Hall–Kier alpha value is -3.09. The van der Waals surface area contributed by atoms with Crippen molar-refractivity contribution in [2.75, 3.05) is 57.8 Å². The molecule has 1 unspecified atom stereocenters. The summed E-state index contributed by atoms with van der Waals surface area (Å²) in [7, 11) is 2.18. The van der Waals surface area contributed by atoms with E-state index in [2.05, 4.69) is 40.6 Å². The lowest BCUT2D eigenvalue weighted by Crippen LogP contribution is -2.46. The van der Waals surface area contributed by atoms with Crippen LogP contribution in [0.3, 0.4) is 0 Å². The zero-order chi connectivity index (χ0) is 32.2. The van der Waals surface area contributed by atoms with Gasteiger partial charge in [0, 0.05) is 55.9 Å². The summed E-state index contributed by atoms with van der Waals surface area (Å²) >= 11 is 1.82. The lowest BCUT2D eigenvalue weighted by atomic mass is 9.80. The molecule has 2 fully saturated rings. The fourth-order valence-electron chi connectivity index (χ4n) is 4.87. The molecule has 43 heavy (non-hydrogen) atoms. The average molecular weight is 643 g/mol. The first kappa shape index (κ1) is 34.4. The molecule has 0 aromatic carbocycles. The minimum Gasteiger partial charge on any atom is -0.475 e. The molecule has 0 saturated carbocycles. The van der Waals surface area contributed by atoms with Gasteiger partial charge in [0.2, 0.25) is 5.95 Å². The number of likely N-dealkylation sites (tertiary alicyclic amines) is 1. The SMILES string of the molecule is Cc1nc(C)c(CN2CCC3(COCc4cnc(N5CCN(C)CC5)nc43)C2)s1.O=C(O)C(F)(F)F.O=C(O)C(F)(F)F. The van der Waals surface area contributed by atoms with Gasteiger partial charge in [-0.2, -0.15) is 26.3 Å². The Morgan fingerprint density at radius 3 is 2.09 bits per heavy atom. The Balaban J connectivity index is 0.000000303. The summed E-state index contributed by atoms with van der Waals surface area (Å²) in [4.78, 5) is 40.9. The number of carbonyl (C=O) groups is 2. The fraction of sp³-hybridized carbons (Fsp3) is 0.640. The number of alkyl halides is 6. The van der Waals surface area contributed by atoms with Crippen molar-refractivity contribution in [2.45, 2.75) is 51.2 Å². The molecule has 1 spiro atoms. The van der Waals surface area contributed by atoms with Gasteiger partial charge in [0.1, 0.15) is 0 Å². The number of fused-ring (bicyclic) bond motifs is 2. The minimum atomic E-state index is -5.08. The number of likely N-dealkylation sites (N-methyl/N-ethyl adjacent to an activating group) is 1. The Morgan fingerprint density at radius 2 is 1.58 bits per heavy atom. The second-order valence-corrected chi connectivity index (χ2v) is 11.7. The highest BCUT2D eigenvalue weighted by Gasteiger charge is 2.45. The van der Waals surface area contributed by atoms with Crippen molar-refractivity contribution in [3.63, 3.8) is 0 Å². The summed E-state index contributed by atoms with van der Waals surface area (Å²) in [5.41, 5.74) is 3.56. The number of ether oxygens (including phenoxy) is 1. The number of carboxylic acid groups (broad SMARTS) is 2.